The maximum Gasteiger partial charge on any atom is 0.225 e. The maximum atomic E-state index is 5.85. The van der Waals surface area contributed by atoms with Crippen LogP contribution in [0.2, 0.25) is 0 Å². The molecule has 0 radical (unpaired) electrons. The van der Waals surface area contributed by atoms with Gasteiger partial charge in [0, 0.05) is 24.8 Å². The average Bonchev–Trinajstić information content (AvgIpc) is 2.93. The Bertz CT molecular complexity index is 861. The van der Waals surface area contributed by atoms with Gasteiger partial charge in [0.1, 0.15) is 0 Å². The number of hydrogen-bond acceptors (Lipinski definition) is 4. The Balaban J connectivity index is 1.62. The molecule has 1 aliphatic rings. The van der Waals surface area contributed by atoms with E-state index in [1.165, 1.54) is 17.2 Å². The summed E-state index contributed by atoms with van der Waals surface area (Å²) in [6, 6.07) is 16.9. The summed E-state index contributed by atoms with van der Waals surface area (Å²) in [7, 11) is 0. The van der Waals surface area contributed by atoms with Crippen molar-refractivity contribution in [1.29, 1.82) is 0 Å². The molecule has 0 unspecified atom stereocenters. The molecular formula is C21H24N4. The van der Waals surface area contributed by atoms with Gasteiger partial charge in [-0.2, -0.15) is 0 Å². The lowest BCUT2D eigenvalue weighted by Gasteiger charge is -2.20. The third-order valence-corrected chi connectivity index (χ3v) is 5.15. The second-order valence-corrected chi connectivity index (χ2v) is 6.82. The molecule has 0 amide bonds. The van der Waals surface area contributed by atoms with Crippen LogP contribution in [0.25, 0.3) is 22.0 Å². The highest BCUT2D eigenvalue weighted by atomic mass is 15.2. The highest BCUT2D eigenvalue weighted by Gasteiger charge is 2.18. The molecule has 1 fully saturated rings. The Morgan fingerprint density at radius 1 is 1.00 bits per heavy atom. The van der Waals surface area contributed by atoms with Crippen LogP contribution in [0.1, 0.15) is 19.3 Å². The molecule has 1 atom stereocenters. The molecule has 2 N–H and O–H groups in total. The van der Waals surface area contributed by atoms with E-state index in [9.17, 15) is 0 Å². The molecule has 128 valence electrons. The first-order valence-electron chi connectivity index (χ1n) is 9.11. The molecule has 1 aliphatic heterocycles. The molecule has 2 aromatic carbocycles. The van der Waals surface area contributed by atoms with E-state index in [0.717, 1.165) is 49.7 Å². The second-order valence-electron chi connectivity index (χ2n) is 6.82. The summed E-state index contributed by atoms with van der Waals surface area (Å²) < 4.78 is 0. The molecule has 4 nitrogen and oxygen atoms in total. The van der Waals surface area contributed by atoms with E-state index in [4.69, 9.17) is 10.7 Å². The van der Waals surface area contributed by atoms with Crippen molar-refractivity contribution in [2.45, 2.75) is 19.3 Å². The van der Waals surface area contributed by atoms with Gasteiger partial charge in [0.25, 0.3) is 0 Å². The molecule has 3 aromatic rings. The molecule has 4 rings (SSSR count). The van der Waals surface area contributed by atoms with Crippen molar-refractivity contribution in [2.24, 2.45) is 11.7 Å². The number of nitrogens with two attached hydrogens (primary N) is 1. The van der Waals surface area contributed by atoms with Crippen LogP contribution in [0.15, 0.2) is 54.7 Å². The summed E-state index contributed by atoms with van der Waals surface area (Å²) in [5.41, 5.74) is 7.97. The van der Waals surface area contributed by atoms with Crippen LogP contribution in [0.5, 0.6) is 0 Å². The first kappa shape index (κ1) is 16.0. The molecular weight excluding hydrogens is 308 g/mol. The number of anilines is 1. The van der Waals surface area contributed by atoms with E-state index >= 15 is 0 Å². The maximum absolute atomic E-state index is 5.85. The topological polar surface area (TPSA) is 55.0 Å². The van der Waals surface area contributed by atoms with Gasteiger partial charge >= 0.3 is 0 Å². The van der Waals surface area contributed by atoms with Crippen LogP contribution in [0, 0.1) is 5.92 Å². The Morgan fingerprint density at radius 2 is 1.88 bits per heavy atom. The van der Waals surface area contributed by atoms with Crippen molar-refractivity contribution in [3.63, 3.8) is 0 Å². The van der Waals surface area contributed by atoms with Crippen LogP contribution < -0.4 is 10.6 Å². The van der Waals surface area contributed by atoms with Crippen molar-refractivity contribution in [3.05, 3.63) is 54.7 Å². The van der Waals surface area contributed by atoms with E-state index < -0.39 is 0 Å². The number of nitrogens with zero attached hydrogens (tertiary/aromatic N) is 3. The van der Waals surface area contributed by atoms with Gasteiger partial charge in [-0.15, -0.1) is 0 Å². The fraction of sp³-hybridized carbons (Fsp3) is 0.333. The summed E-state index contributed by atoms with van der Waals surface area (Å²) in [6.45, 7) is 2.78. The van der Waals surface area contributed by atoms with Crippen molar-refractivity contribution >= 4 is 16.7 Å². The smallest absolute Gasteiger partial charge is 0.225 e. The highest BCUT2D eigenvalue weighted by molar-refractivity contribution is 5.86. The summed E-state index contributed by atoms with van der Waals surface area (Å²) in [5.74, 6) is 1.47. The summed E-state index contributed by atoms with van der Waals surface area (Å²) in [6.07, 6.45) is 5.36. The monoisotopic (exact) mass is 332 g/mol. The fourth-order valence-corrected chi connectivity index (χ4v) is 3.61. The predicted octanol–water partition coefficient (Wildman–Crippen LogP) is 3.86. The SMILES string of the molecule is NC[C@H]1CCCN(c2nccc(-c3ccc4ccccc4c3)n2)CC1. The zero-order chi connectivity index (χ0) is 17.1. The molecule has 4 heteroatoms. The summed E-state index contributed by atoms with van der Waals surface area (Å²) in [4.78, 5) is 11.7. The third kappa shape index (κ3) is 3.49. The number of fused-ring (bicyclic) bond motifs is 1. The minimum absolute atomic E-state index is 0.633. The predicted molar refractivity (Wildman–Crippen MR) is 104 cm³/mol. The van der Waals surface area contributed by atoms with Gasteiger partial charge in [-0.1, -0.05) is 36.4 Å². The Hall–Kier alpha value is -2.46. The molecule has 25 heavy (non-hydrogen) atoms. The minimum atomic E-state index is 0.633. The zero-order valence-electron chi connectivity index (χ0n) is 14.4. The molecule has 0 bridgehead atoms. The average molecular weight is 332 g/mol. The number of hydrogen-bond donors (Lipinski definition) is 1. The molecule has 1 aromatic heterocycles. The number of benzene rings is 2. The normalized spacial score (nSPS) is 18.3. The van der Waals surface area contributed by atoms with Crippen molar-refractivity contribution < 1.29 is 0 Å². The lowest BCUT2D eigenvalue weighted by atomic mass is 10.0. The van der Waals surface area contributed by atoms with Gasteiger partial charge in [0.05, 0.1) is 5.69 Å². The van der Waals surface area contributed by atoms with Gasteiger partial charge in [0.2, 0.25) is 5.95 Å². The van der Waals surface area contributed by atoms with Gasteiger partial charge in [-0.05, 0) is 54.6 Å². The van der Waals surface area contributed by atoms with Crippen molar-refractivity contribution in [2.75, 3.05) is 24.5 Å². The first-order chi connectivity index (χ1) is 12.3. The van der Waals surface area contributed by atoms with Crippen LogP contribution in [-0.2, 0) is 0 Å². The third-order valence-electron chi connectivity index (χ3n) is 5.15. The first-order valence-corrected chi connectivity index (χ1v) is 9.11. The van der Waals surface area contributed by atoms with E-state index in [1.807, 2.05) is 12.3 Å². The molecule has 1 saturated heterocycles. The van der Waals surface area contributed by atoms with Crippen molar-refractivity contribution in [3.8, 4) is 11.3 Å². The van der Waals surface area contributed by atoms with Gasteiger partial charge in [0.15, 0.2) is 0 Å². The minimum Gasteiger partial charge on any atom is -0.341 e. The molecule has 0 spiro atoms. The Morgan fingerprint density at radius 3 is 2.76 bits per heavy atom. The van der Waals surface area contributed by atoms with Crippen LogP contribution in [0.4, 0.5) is 5.95 Å². The van der Waals surface area contributed by atoms with Gasteiger partial charge in [-0.3, -0.25) is 0 Å². The zero-order valence-corrected chi connectivity index (χ0v) is 14.4. The second kappa shape index (κ2) is 7.19. The van der Waals surface area contributed by atoms with Crippen molar-refractivity contribution in [1.82, 2.24) is 9.97 Å². The largest absolute Gasteiger partial charge is 0.341 e. The van der Waals surface area contributed by atoms with E-state index in [0.29, 0.717) is 5.92 Å². The van der Waals surface area contributed by atoms with Crippen LogP contribution in [-0.4, -0.2) is 29.6 Å². The molecule has 0 aliphatic carbocycles. The lowest BCUT2D eigenvalue weighted by molar-refractivity contribution is 0.485. The summed E-state index contributed by atoms with van der Waals surface area (Å²) >= 11 is 0. The summed E-state index contributed by atoms with van der Waals surface area (Å²) in [5, 5.41) is 2.49. The molecule has 0 saturated carbocycles. The Labute approximate surface area is 148 Å². The van der Waals surface area contributed by atoms with Gasteiger partial charge in [-0.25, -0.2) is 9.97 Å². The highest BCUT2D eigenvalue weighted by Crippen LogP contribution is 2.25. The number of aromatic nitrogens is 2. The fourth-order valence-electron chi connectivity index (χ4n) is 3.61. The lowest BCUT2D eigenvalue weighted by Crippen LogP contribution is -2.26. The van der Waals surface area contributed by atoms with E-state index in [2.05, 4.69) is 52.3 Å². The number of rotatable bonds is 3. The standard InChI is InChI=1S/C21H24N4/c22-15-16-4-3-12-25(13-10-16)21-23-11-9-20(24-21)19-8-7-17-5-1-2-6-18(17)14-19/h1-2,5-9,11,14,16H,3-4,10,12-13,15,22H2/t16-/m0/s1. The van der Waals surface area contributed by atoms with Crippen LogP contribution in [0.3, 0.4) is 0 Å². The van der Waals surface area contributed by atoms with E-state index in [-0.39, 0.29) is 0 Å². The molecule has 2 heterocycles. The van der Waals surface area contributed by atoms with Crippen LogP contribution >= 0.6 is 0 Å². The van der Waals surface area contributed by atoms with Gasteiger partial charge < -0.3 is 10.6 Å². The Kier molecular flexibility index (Phi) is 4.61. The van der Waals surface area contributed by atoms with E-state index in [1.54, 1.807) is 0 Å². The quantitative estimate of drug-likeness (QED) is 0.791.